The Balaban J connectivity index is 1.60. The van der Waals surface area contributed by atoms with Gasteiger partial charge in [-0.1, -0.05) is 48.0 Å². The summed E-state index contributed by atoms with van der Waals surface area (Å²) < 4.78 is 41.8. The molecule has 0 bridgehead atoms. The third-order valence-corrected chi connectivity index (χ3v) is 7.04. The lowest BCUT2D eigenvalue weighted by Gasteiger charge is -2.16. The predicted molar refractivity (Wildman–Crippen MR) is 157 cm³/mol. The second-order valence-electron chi connectivity index (χ2n) is 10.0. The predicted octanol–water partition coefficient (Wildman–Crippen LogP) is 5.76. The maximum absolute atomic E-state index is 13.6. The summed E-state index contributed by atoms with van der Waals surface area (Å²) in [7, 11) is 0. The van der Waals surface area contributed by atoms with Crippen molar-refractivity contribution >= 4 is 22.4 Å². The zero-order chi connectivity index (χ0) is 30.2. The van der Waals surface area contributed by atoms with Crippen molar-refractivity contribution in [2.24, 2.45) is 4.99 Å². The Morgan fingerprint density at radius 2 is 1.71 bits per heavy atom. The van der Waals surface area contributed by atoms with E-state index in [2.05, 4.69) is 20.3 Å². The summed E-state index contributed by atoms with van der Waals surface area (Å²) in [6, 6.07) is 18.1. The Kier molecular flexibility index (Phi) is 7.51. The highest BCUT2D eigenvalue weighted by molar-refractivity contribution is 6.09. The van der Waals surface area contributed by atoms with Crippen molar-refractivity contribution in [2.75, 3.05) is 11.9 Å². The molecule has 0 spiro atoms. The fourth-order valence-electron chi connectivity index (χ4n) is 5.10. The van der Waals surface area contributed by atoms with Crippen LogP contribution >= 0.6 is 0 Å². The Bertz CT molecular complexity index is 1940. The van der Waals surface area contributed by atoms with Crippen LogP contribution in [-0.4, -0.2) is 32.0 Å². The molecule has 0 saturated heterocycles. The van der Waals surface area contributed by atoms with E-state index < -0.39 is 28.9 Å². The third-order valence-electron chi connectivity index (χ3n) is 7.04. The number of anilines is 1. The number of benzene rings is 3. The van der Waals surface area contributed by atoms with E-state index in [-0.39, 0.29) is 29.9 Å². The first kappa shape index (κ1) is 28.5. The molecule has 216 valence electrons. The molecule has 0 fully saturated rings. The van der Waals surface area contributed by atoms with Crippen molar-refractivity contribution in [3.63, 3.8) is 0 Å². The van der Waals surface area contributed by atoms with E-state index >= 15 is 0 Å². The molecule has 2 aromatic heterocycles. The van der Waals surface area contributed by atoms with Gasteiger partial charge in [-0.05, 0) is 62.6 Å². The van der Waals surface area contributed by atoms with Crippen molar-refractivity contribution in [3.8, 4) is 11.6 Å². The molecule has 0 aliphatic carbocycles. The molecular formula is C31H28F3N5O3. The number of amidine groups is 1. The van der Waals surface area contributed by atoms with Gasteiger partial charge in [0.1, 0.15) is 11.4 Å². The average molecular weight is 576 g/mol. The number of nitrogens with one attached hydrogen (secondary N) is 3. The second kappa shape index (κ2) is 11.1. The topological polar surface area (TPSA) is 115 Å². The number of para-hydroxylation sites is 2. The molecule has 0 atom stereocenters. The second-order valence-corrected chi connectivity index (χ2v) is 10.0. The molecule has 8 nitrogen and oxygen atoms in total. The summed E-state index contributed by atoms with van der Waals surface area (Å²) in [6.07, 6.45) is -4.28. The number of rotatable bonds is 6. The van der Waals surface area contributed by atoms with E-state index in [9.17, 15) is 27.9 Å². The summed E-state index contributed by atoms with van der Waals surface area (Å²) in [6.45, 7) is 5.43. The standard InChI is InChI=1S/C31H28F3N5O3/c1-17-12-13-24(18(2)16-17)39-29(41)25(28(40)38-30(39)42)27(37-20-8-5-4-6-9-20)35-15-14-21-19(3)36-26-22(21)10-7-11-23(26)31(32,33)34/h4-13,16,36,41H,14-15H2,1-3H3,(H,35,37)(H,38,40,42). The van der Waals surface area contributed by atoms with Crippen molar-refractivity contribution in [2.45, 2.75) is 33.4 Å². The number of fused-ring (bicyclic) bond motifs is 1. The van der Waals surface area contributed by atoms with Gasteiger partial charge in [-0.2, -0.15) is 13.2 Å². The number of aliphatic imine (C=N–C) groups is 1. The van der Waals surface area contributed by atoms with Crippen molar-refractivity contribution in [1.82, 2.24) is 14.5 Å². The molecule has 5 rings (SSSR count). The van der Waals surface area contributed by atoms with Crippen LogP contribution in [0.5, 0.6) is 5.88 Å². The Morgan fingerprint density at radius 1 is 0.976 bits per heavy atom. The Hall–Kier alpha value is -5.06. The average Bonchev–Trinajstić information content (AvgIpc) is 3.24. The Morgan fingerprint density at radius 3 is 2.40 bits per heavy atom. The molecule has 42 heavy (non-hydrogen) atoms. The van der Waals surface area contributed by atoms with Gasteiger partial charge < -0.3 is 15.4 Å². The molecule has 2 heterocycles. The molecule has 0 amide bonds. The molecular weight excluding hydrogens is 547 g/mol. The number of hydrogen-bond acceptors (Lipinski definition) is 4. The van der Waals surface area contributed by atoms with Gasteiger partial charge in [0, 0.05) is 23.3 Å². The number of alkyl halides is 3. The van der Waals surface area contributed by atoms with Gasteiger partial charge in [-0.15, -0.1) is 0 Å². The molecule has 0 aliphatic rings. The number of aromatic amines is 2. The van der Waals surface area contributed by atoms with Gasteiger partial charge in [0.25, 0.3) is 5.56 Å². The highest BCUT2D eigenvalue weighted by atomic mass is 19.4. The Labute approximate surface area is 238 Å². The normalized spacial score (nSPS) is 12.2. The van der Waals surface area contributed by atoms with Gasteiger partial charge in [-0.3, -0.25) is 14.8 Å². The van der Waals surface area contributed by atoms with E-state index in [1.54, 1.807) is 56.3 Å². The monoisotopic (exact) mass is 575 g/mol. The molecule has 0 aliphatic heterocycles. The number of nitrogens with zero attached hydrogens (tertiary/aromatic N) is 2. The van der Waals surface area contributed by atoms with E-state index in [0.29, 0.717) is 33.6 Å². The molecule has 0 saturated carbocycles. The summed E-state index contributed by atoms with van der Waals surface area (Å²) in [5, 5.41) is 14.8. The number of hydrogen-bond donors (Lipinski definition) is 4. The first-order chi connectivity index (χ1) is 20.0. The van der Waals surface area contributed by atoms with Crippen molar-refractivity contribution in [1.29, 1.82) is 0 Å². The van der Waals surface area contributed by atoms with Crippen molar-refractivity contribution in [3.05, 3.63) is 121 Å². The van der Waals surface area contributed by atoms with Crippen LogP contribution < -0.4 is 16.6 Å². The van der Waals surface area contributed by atoms with Gasteiger partial charge in [-0.25, -0.2) is 9.36 Å². The number of halogens is 3. The maximum atomic E-state index is 13.6. The number of aromatic nitrogens is 3. The molecule has 0 unspecified atom stereocenters. The van der Waals surface area contributed by atoms with E-state index in [1.807, 2.05) is 19.1 Å². The minimum Gasteiger partial charge on any atom is -0.493 e. The third kappa shape index (κ3) is 5.45. The minimum atomic E-state index is -4.52. The van der Waals surface area contributed by atoms with Gasteiger partial charge in [0.15, 0.2) is 0 Å². The summed E-state index contributed by atoms with van der Waals surface area (Å²) >= 11 is 0. The summed E-state index contributed by atoms with van der Waals surface area (Å²) in [5.74, 6) is -0.608. The smallest absolute Gasteiger partial charge is 0.418 e. The van der Waals surface area contributed by atoms with Crippen LogP contribution in [0.3, 0.4) is 0 Å². The highest BCUT2D eigenvalue weighted by Gasteiger charge is 2.33. The number of H-pyrrole nitrogens is 2. The molecule has 3 aromatic carbocycles. The van der Waals surface area contributed by atoms with Crippen LogP contribution in [0.2, 0.25) is 0 Å². The van der Waals surface area contributed by atoms with Gasteiger partial charge in [0.2, 0.25) is 5.88 Å². The summed E-state index contributed by atoms with van der Waals surface area (Å²) in [4.78, 5) is 35.7. The van der Waals surface area contributed by atoms with Crippen LogP contribution in [0.4, 0.5) is 18.9 Å². The minimum absolute atomic E-state index is 0.00116. The fourth-order valence-corrected chi connectivity index (χ4v) is 5.10. The van der Waals surface area contributed by atoms with Gasteiger partial charge in [0.05, 0.1) is 16.8 Å². The van der Waals surface area contributed by atoms with E-state index in [1.165, 1.54) is 6.07 Å². The molecule has 11 heteroatoms. The highest BCUT2D eigenvalue weighted by Crippen LogP contribution is 2.36. The lowest BCUT2D eigenvalue weighted by molar-refractivity contribution is -0.136. The van der Waals surface area contributed by atoms with E-state index in [4.69, 9.17) is 0 Å². The zero-order valence-electron chi connectivity index (χ0n) is 23.1. The van der Waals surface area contributed by atoms with Crippen LogP contribution in [0.15, 0.2) is 81.3 Å². The molecule has 0 radical (unpaired) electrons. The first-order valence-corrected chi connectivity index (χ1v) is 13.2. The van der Waals surface area contributed by atoms with Crippen molar-refractivity contribution < 1.29 is 18.3 Å². The largest absolute Gasteiger partial charge is 0.493 e. The quantitative estimate of drug-likeness (QED) is 0.152. The SMILES string of the molecule is Cc1ccc(-n2c(O)c(C(=NCCc3c(C)[nH]c4c(C(F)(F)F)cccc34)Nc3ccccc3)c(=O)[nH]c2=O)c(C)c1. The lowest BCUT2D eigenvalue weighted by Crippen LogP contribution is -2.35. The van der Waals surface area contributed by atoms with Crippen LogP contribution in [0.25, 0.3) is 16.6 Å². The van der Waals surface area contributed by atoms with Crippen LogP contribution in [0, 0.1) is 20.8 Å². The fraction of sp³-hybridized carbons (Fsp3) is 0.194. The van der Waals surface area contributed by atoms with Crippen LogP contribution in [0.1, 0.15) is 33.5 Å². The maximum Gasteiger partial charge on any atom is 0.418 e. The number of aromatic hydroxyl groups is 1. The van der Waals surface area contributed by atoms with Crippen LogP contribution in [-0.2, 0) is 12.6 Å². The lowest BCUT2D eigenvalue weighted by atomic mass is 10.1. The summed E-state index contributed by atoms with van der Waals surface area (Å²) in [5.41, 5.74) is 1.15. The molecule has 5 aromatic rings. The van der Waals surface area contributed by atoms with Gasteiger partial charge >= 0.3 is 11.9 Å². The zero-order valence-corrected chi connectivity index (χ0v) is 23.1. The number of aryl methyl sites for hydroxylation is 3. The molecule has 4 N–H and O–H groups in total. The van der Waals surface area contributed by atoms with E-state index in [0.717, 1.165) is 16.2 Å². The first-order valence-electron chi connectivity index (χ1n) is 13.2.